The Morgan fingerprint density at radius 1 is 0.950 bits per heavy atom. The second kappa shape index (κ2) is 6.09. The van der Waals surface area contributed by atoms with Crippen LogP contribution in [0.2, 0.25) is 0 Å². The summed E-state index contributed by atoms with van der Waals surface area (Å²) >= 11 is 0. The minimum Gasteiger partial charge on any atom is -0.306 e. The van der Waals surface area contributed by atoms with E-state index in [0.29, 0.717) is 0 Å². The number of hydrogen-bond acceptors (Lipinski definition) is 1. The van der Waals surface area contributed by atoms with Gasteiger partial charge in [0.25, 0.3) is 0 Å². The van der Waals surface area contributed by atoms with Crippen molar-refractivity contribution in [3.05, 3.63) is 71.3 Å². The topological polar surface area (TPSA) is 12.0 Å². The Balaban J connectivity index is 2.08. The summed E-state index contributed by atoms with van der Waals surface area (Å²) in [5, 5.41) is 3.13. The minimum absolute atomic E-state index is 0.00232. The Bertz CT molecular complexity index is 549. The minimum atomic E-state index is -4.31. The van der Waals surface area contributed by atoms with Crippen molar-refractivity contribution in [1.29, 1.82) is 0 Å². The van der Waals surface area contributed by atoms with Gasteiger partial charge in [-0.1, -0.05) is 48.5 Å². The molecule has 0 unspecified atom stereocenters. The van der Waals surface area contributed by atoms with Crippen molar-refractivity contribution in [2.45, 2.75) is 25.7 Å². The molecule has 0 spiro atoms. The van der Waals surface area contributed by atoms with Crippen LogP contribution in [0.3, 0.4) is 0 Å². The van der Waals surface area contributed by atoms with E-state index < -0.39 is 11.7 Å². The Hall–Kier alpha value is -1.81. The molecule has 106 valence electrons. The highest BCUT2D eigenvalue weighted by Crippen LogP contribution is 2.32. The van der Waals surface area contributed by atoms with Gasteiger partial charge in [0.15, 0.2) is 0 Å². The average molecular weight is 279 g/mol. The first-order valence-corrected chi connectivity index (χ1v) is 6.42. The van der Waals surface area contributed by atoms with E-state index in [9.17, 15) is 13.2 Å². The lowest BCUT2D eigenvalue weighted by Gasteiger charge is -2.17. The maximum absolute atomic E-state index is 12.9. The van der Waals surface area contributed by atoms with Crippen LogP contribution in [0.5, 0.6) is 0 Å². The molecule has 0 radical (unpaired) electrons. The summed E-state index contributed by atoms with van der Waals surface area (Å²) in [4.78, 5) is 0. The van der Waals surface area contributed by atoms with Gasteiger partial charge in [0.2, 0.25) is 0 Å². The van der Waals surface area contributed by atoms with Crippen molar-refractivity contribution < 1.29 is 13.2 Å². The van der Waals surface area contributed by atoms with E-state index in [4.69, 9.17) is 0 Å². The molecule has 2 aromatic rings. The summed E-state index contributed by atoms with van der Waals surface area (Å²) in [7, 11) is 0. The molecule has 0 fully saturated rings. The monoisotopic (exact) mass is 279 g/mol. The van der Waals surface area contributed by atoms with Gasteiger partial charge in [-0.25, -0.2) is 0 Å². The standard InChI is InChI=1S/C16H16F3N/c1-12(13-7-3-2-4-8-13)20-11-14-9-5-6-10-15(14)16(17,18)19/h2-10,12,20H,11H2,1H3/t12-/m1/s1. The lowest BCUT2D eigenvalue weighted by molar-refractivity contribution is -0.138. The maximum Gasteiger partial charge on any atom is 0.416 e. The molecule has 20 heavy (non-hydrogen) atoms. The third kappa shape index (κ3) is 3.61. The van der Waals surface area contributed by atoms with Crippen LogP contribution in [-0.4, -0.2) is 0 Å². The molecule has 0 saturated heterocycles. The third-order valence-electron chi connectivity index (χ3n) is 3.22. The zero-order chi connectivity index (χ0) is 14.6. The van der Waals surface area contributed by atoms with Crippen molar-refractivity contribution >= 4 is 0 Å². The first-order chi connectivity index (χ1) is 9.48. The van der Waals surface area contributed by atoms with Crippen LogP contribution >= 0.6 is 0 Å². The second-order valence-electron chi connectivity index (χ2n) is 4.67. The van der Waals surface area contributed by atoms with E-state index in [-0.39, 0.29) is 18.2 Å². The highest BCUT2D eigenvalue weighted by molar-refractivity contribution is 5.29. The van der Waals surface area contributed by atoms with Gasteiger partial charge in [0.05, 0.1) is 5.56 Å². The molecule has 2 aromatic carbocycles. The van der Waals surface area contributed by atoms with Crippen molar-refractivity contribution in [3.8, 4) is 0 Å². The zero-order valence-corrected chi connectivity index (χ0v) is 11.1. The molecule has 0 saturated carbocycles. The summed E-state index contributed by atoms with van der Waals surface area (Å²) < 4.78 is 38.6. The van der Waals surface area contributed by atoms with Gasteiger partial charge in [-0.05, 0) is 24.1 Å². The molecule has 0 aromatic heterocycles. The smallest absolute Gasteiger partial charge is 0.306 e. The predicted molar refractivity (Wildman–Crippen MR) is 73.1 cm³/mol. The van der Waals surface area contributed by atoms with Crippen LogP contribution in [0.1, 0.15) is 29.7 Å². The number of nitrogens with one attached hydrogen (secondary N) is 1. The van der Waals surface area contributed by atoms with Gasteiger partial charge in [0, 0.05) is 12.6 Å². The molecule has 0 aliphatic rings. The van der Waals surface area contributed by atoms with Gasteiger partial charge < -0.3 is 5.32 Å². The Morgan fingerprint density at radius 2 is 1.55 bits per heavy atom. The fraction of sp³-hybridized carbons (Fsp3) is 0.250. The average Bonchev–Trinajstić information content (AvgIpc) is 2.45. The van der Waals surface area contributed by atoms with Crippen LogP contribution in [0.15, 0.2) is 54.6 Å². The van der Waals surface area contributed by atoms with Gasteiger partial charge in [-0.15, -0.1) is 0 Å². The van der Waals surface area contributed by atoms with Gasteiger partial charge in [-0.2, -0.15) is 13.2 Å². The fourth-order valence-electron chi connectivity index (χ4n) is 2.07. The highest BCUT2D eigenvalue weighted by atomic mass is 19.4. The first kappa shape index (κ1) is 14.6. The lowest BCUT2D eigenvalue weighted by atomic mass is 10.1. The van der Waals surface area contributed by atoms with E-state index >= 15 is 0 Å². The summed E-state index contributed by atoms with van der Waals surface area (Å²) in [5.41, 5.74) is 0.743. The molecule has 0 bridgehead atoms. The lowest BCUT2D eigenvalue weighted by Crippen LogP contribution is -2.20. The van der Waals surface area contributed by atoms with Gasteiger partial charge in [-0.3, -0.25) is 0 Å². The van der Waals surface area contributed by atoms with Crippen LogP contribution in [0.4, 0.5) is 13.2 Å². The molecule has 0 amide bonds. The fourth-order valence-corrected chi connectivity index (χ4v) is 2.07. The van der Waals surface area contributed by atoms with Crippen molar-refractivity contribution in [2.24, 2.45) is 0 Å². The maximum atomic E-state index is 12.9. The highest BCUT2D eigenvalue weighted by Gasteiger charge is 2.32. The Morgan fingerprint density at radius 3 is 2.20 bits per heavy atom. The molecular weight excluding hydrogens is 263 g/mol. The van der Waals surface area contributed by atoms with Crippen LogP contribution in [0, 0.1) is 0 Å². The number of halogens is 3. The molecule has 1 atom stereocenters. The van der Waals surface area contributed by atoms with E-state index in [1.165, 1.54) is 12.1 Å². The zero-order valence-electron chi connectivity index (χ0n) is 11.1. The van der Waals surface area contributed by atoms with Crippen LogP contribution < -0.4 is 5.32 Å². The largest absolute Gasteiger partial charge is 0.416 e. The number of alkyl halides is 3. The summed E-state index contributed by atoms with van der Waals surface area (Å²) in [6.07, 6.45) is -4.31. The molecule has 1 nitrogen and oxygen atoms in total. The van der Waals surface area contributed by atoms with Crippen LogP contribution in [-0.2, 0) is 12.7 Å². The predicted octanol–water partition coefficient (Wildman–Crippen LogP) is 4.56. The first-order valence-electron chi connectivity index (χ1n) is 6.42. The summed E-state index contributed by atoms with van der Waals surface area (Å²) in [6.45, 7) is 2.12. The van der Waals surface area contributed by atoms with E-state index in [2.05, 4.69) is 5.32 Å². The molecule has 1 N–H and O–H groups in total. The second-order valence-corrected chi connectivity index (χ2v) is 4.67. The molecule has 0 aliphatic carbocycles. The van der Waals surface area contributed by atoms with Crippen molar-refractivity contribution in [2.75, 3.05) is 0 Å². The molecule has 2 rings (SSSR count). The number of benzene rings is 2. The number of rotatable bonds is 4. The molecule has 4 heteroatoms. The van der Waals surface area contributed by atoms with E-state index in [0.717, 1.165) is 11.6 Å². The SMILES string of the molecule is C[C@@H](NCc1ccccc1C(F)(F)F)c1ccccc1. The van der Waals surface area contributed by atoms with Crippen LogP contribution in [0.25, 0.3) is 0 Å². The van der Waals surface area contributed by atoms with Gasteiger partial charge >= 0.3 is 6.18 Å². The number of hydrogen-bond donors (Lipinski definition) is 1. The normalized spacial score (nSPS) is 13.2. The Kier molecular flexibility index (Phi) is 4.45. The summed E-state index contributed by atoms with van der Waals surface area (Å²) in [5.74, 6) is 0. The molecular formula is C16H16F3N. The Labute approximate surface area is 116 Å². The van der Waals surface area contributed by atoms with Crippen molar-refractivity contribution in [3.63, 3.8) is 0 Å². The van der Waals surface area contributed by atoms with E-state index in [1.807, 2.05) is 37.3 Å². The summed E-state index contributed by atoms with van der Waals surface area (Å²) in [6, 6.07) is 15.3. The molecule has 0 aliphatic heterocycles. The van der Waals surface area contributed by atoms with Gasteiger partial charge in [0.1, 0.15) is 0 Å². The molecule has 0 heterocycles. The third-order valence-corrected chi connectivity index (χ3v) is 3.22. The van der Waals surface area contributed by atoms with E-state index in [1.54, 1.807) is 6.07 Å². The quantitative estimate of drug-likeness (QED) is 0.865. The van der Waals surface area contributed by atoms with Crippen molar-refractivity contribution in [1.82, 2.24) is 5.32 Å².